The Labute approximate surface area is 163 Å². The second-order valence-corrected chi connectivity index (χ2v) is 6.43. The van der Waals surface area contributed by atoms with Gasteiger partial charge in [0, 0.05) is 5.69 Å². The molecule has 0 spiro atoms. The average molecular weight is 386 g/mol. The summed E-state index contributed by atoms with van der Waals surface area (Å²) < 4.78 is 16.1. The summed E-state index contributed by atoms with van der Waals surface area (Å²) in [7, 11) is 0. The Kier molecular flexibility index (Phi) is 6.13. The molecule has 6 nitrogen and oxygen atoms in total. The first-order valence-electron chi connectivity index (χ1n) is 8.81. The van der Waals surface area contributed by atoms with E-state index in [2.05, 4.69) is 10.6 Å². The zero-order chi connectivity index (χ0) is 19.2. The smallest absolute Gasteiger partial charge is 0.338 e. The molecule has 1 atom stereocenters. The molecule has 142 valence electrons. The summed E-state index contributed by atoms with van der Waals surface area (Å²) in [5, 5.41) is 6.84. The van der Waals surface area contributed by atoms with E-state index in [0.29, 0.717) is 30.5 Å². The highest BCUT2D eigenvalue weighted by atomic mass is 32.1. The maximum Gasteiger partial charge on any atom is 0.338 e. The molecule has 0 aliphatic carbocycles. The van der Waals surface area contributed by atoms with E-state index >= 15 is 0 Å². The van der Waals surface area contributed by atoms with Gasteiger partial charge in [0.25, 0.3) is 0 Å². The second-order valence-electron chi connectivity index (χ2n) is 6.02. The van der Waals surface area contributed by atoms with Crippen LogP contribution in [0, 0.1) is 0 Å². The van der Waals surface area contributed by atoms with Gasteiger partial charge in [-0.2, -0.15) is 0 Å². The van der Waals surface area contributed by atoms with Gasteiger partial charge in [-0.25, -0.2) is 4.79 Å². The maximum absolute atomic E-state index is 11.7. The molecule has 1 aliphatic rings. The number of benzene rings is 2. The zero-order valence-electron chi connectivity index (χ0n) is 15.3. The normalized spacial score (nSPS) is 13.4. The van der Waals surface area contributed by atoms with Crippen LogP contribution >= 0.6 is 12.2 Å². The van der Waals surface area contributed by atoms with Crippen LogP contribution in [0.15, 0.2) is 42.5 Å². The third-order valence-electron chi connectivity index (χ3n) is 4.07. The summed E-state index contributed by atoms with van der Waals surface area (Å²) >= 11 is 5.39. The molecule has 1 aliphatic heterocycles. The van der Waals surface area contributed by atoms with Gasteiger partial charge in [-0.1, -0.05) is 6.07 Å². The minimum Gasteiger partial charge on any atom is -0.486 e. The molecule has 0 saturated heterocycles. The molecule has 2 aromatic carbocycles. The largest absolute Gasteiger partial charge is 0.486 e. The van der Waals surface area contributed by atoms with Crippen molar-refractivity contribution in [1.82, 2.24) is 5.32 Å². The number of thiocarbonyl (C=S) groups is 1. The number of fused-ring (bicyclic) bond motifs is 1. The number of carbonyl (C=O) groups is 1. The third kappa shape index (κ3) is 4.89. The molecule has 0 bridgehead atoms. The third-order valence-corrected chi connectivity index (χ3v) is 4.29. The summed E-state index contributed by atoms with van der Waals surface area (Å²) in [4.78, 5) is 11.7. The van der Waals surface area contributed by atoms with E-state index in [1.807, 2.05) is 25.1 Å². The van der Waals surface area contributed by atoms with Crippen molar-refractivity contribution in [2.75, 3.05) is 25.1 Å². The quantitative estimate of drug-likeness (QED) is 0.600. The number of hydrogen-bond donors (Lipinski definition) is 2. The molecule has 2 aromatic rings. The highest BCUT2D eigenvalue weighted by Gasteiger charge is 2.15. The van der Waals surface area contributed by atoms with E-state index in [1.54, 1.807) is 31.2 Å². The van der Waals surface area contributed by atoms with Gasteiger partial charge in [0.05, 0.1) is 18.2 Å². The van der Waals surface area contributed by atoms with Crippen LogP contribution in [-0.2, 0) is 4.74 Å². The molecule has 0 fully saturated rings. The number of anilines is 1. The molecule has 7 heteroatoms. The summed E-state index contributed by atoms with van der Waals surface area (Å²) in [6.45, 7) is 5.28. The SMILES string of the molecule is CCOC(=O)c1ccc(NC(=S)NC(C)c2ccc3c(c2)OCCO3)cc1. The molecule has 0 amide bonds. The second kappa shape index (κ2) is 8.73. The van der Waals surface area contributed by atoms with Crippen molar-refractivity contribution in [2.24, 2.45) is 0 Å². The van der Waals surface area contributed by atoms with Crippen molar-refractivity contribution in [3.63, 3.8) is 0 Å². The van der Waals surface area contributed by atoms with E-state index in [9.17, 15) is 4.79 Å². The lowest BCUT2D eigenvalue weighted by atomic mass is 10.1. The Balaban J connectivity index is 1.58. The molecule has 1 unspecified atom stereocenters. The first-order valence-corrected chi connectivity index (χ1v) is 9.22. The molecule has 1 heterocycles. The van der Waals surface area contributed by atoms with Crippen LogP contribution in [0.3, 0.4) is 0 Å². The van der Waals surface area contributed by atoms with E-state index in [0.717, 1.165) is 22.7 Å². The van der Waals surface area contributed by atoms with Gasteiger partial charge < -0.3 is 24.8 Å². The Hall–Kier alpha value is -2.80. The van der Waals surface area contributed by atoms with Crippen LogP contribution in [0.2, 0.25) is 0 Å². The lowest BCUT2D eigenvalue weighted by Gasteiger charge is -2.22. The van der Waals surface area contributed by atoms with E-state index in [4.69, 9.17) is 26.4 Å². The maximum atomic E-state index is 11.7. The number of carbonyl (C=O) groups excluding carboxylic acids is 1. The summed E-state index contributed by atoms with van der Waals surface area (Å²) in [5.41, 5.74) is 2.34. The van der Waals surface area contributed by atoms with Gasteiger partial charge in [-0.3, -0.25) is 0 Å². The molecule has 0 aromatic heterocycles. The lowest BCUT2D eigenvalue weighted by Crippen LogP contribution is -2.31. The topological polar surface area (TPSA) is 68.8 Å². The zero-order valence-corrected chi connectivity index (χ0v) is 16.1. The number of hydrogen-bond acceptors (Lipinski definition) is 5. The first-order chi connectivity index (χ1) is 13.1. The predicted molar refractivity (Wildman–Crippen MR) is 108 cm³/mol. The first kappa shape index (κ1) is 19.0. The fourth-order valence-corrected chi connectivity index (χ4v) is 2.98. The molecule has 2 N–H and O–H groups in total. The van der Waals surface area contributed by atoms with Crippen molar-refractivity contribution in [3.8, 4) is 11.5 Å². The number of nitrogens with one attached hydrogen (secondary N) is 2. The molecule has 3 rings (SSSR count). The Morgan fingerprint density at radius 3 is 2.56 bits per heavy atom. The standard InChI is InChI=1S/C20H22N2O4S/c1-3-24-19(23)14-4-7-16(8-5-14)22-20(27)21-13(2)15-6-9-17-18(12-15)26-11-10-25-17/h4-9,12-13H,3,10-11H2,1-2H3,(H2,21,22,27). The number of ether oxygens (including phenoxy) is 3. The van der Waals surface area contributed by atoms with Crippen LogP contribution < -0.4 is 20.1 Å². The van der Waals surface area contributed by atoms with E-state index in [-0.39, 0.29) is 12.0 Å². The molecule has 0 saturated carbocycles. The van der Waals surface area contributed by atoms with Crippen molar-refractivity contribution >= 4 is 29.0 Å². The van der Waals surface area contributed by atoms with Crippen LogP contribution in [0.4, 0.5) is 5.69 Å². The predicted octanol–water partition coefficient (Wildman–Crippen LogP) is 3.68. The lowest BCUT2D eigenvalue weighted by molar-refractivity contribution is 0.0526. The highest BCUT2D eigenvalue weighted by Crippen LogP contribution is 2.32. The van der Waals surface area contributed by atoms with Gasteiger partial charge in [-0.05, 0) is 68.0 Å². The molecular weight excluding hydrogens is 364 g/mol. The highest BCUT2D eigenvalue weighted by molar-refractivity contribution is 7.80. The monoisotopic (exact) mass is 386 g/mol. The van der Waals surface area contributed by atoms with Crippen LogP contribution in [-0.4, -0.2) is 30.9 Å². The van der Waals surface area contributed by atoms with Crippen molar-refractivity contribution in [2.45, 2.75) is 19.9 Å². The summed E-state index contributed by atoms with van der Waals surface area (Å²) in [6, 6.07) is 12.8. The van der Waals surface area contributed by atoms with Gasteiger partial charge in [-0.15, -0.1) is 0 Å². The summed E-state index contributed by atoms with van der Waals surface area (Å²) in [6.07, 6.45) is 0. The van der Waals surface area contributed by atoms with Crippen molar-refractivity contribution in [3.05, 3.63) is 53.6 Å². The van der Waals surface area contributed by atoms with Crippen LogP contribution in [0.5, 0.6) is 11.5 Å². The Morgan fingerprint density at radius 2 is 1.85 bits per heavy atom. The van der Waals surface area contributed by atoms with E-state index in [1.165, 1.54) is 0 Å². The number of rotatable bonds is 5. The Bertz CT molecular complexity index is 823. The van der Waals surface area contributed by atoms with Crippen molar-refractivity contribution < 1.29 is 19.0 Å². The fourth-order valence-electron chi connectivity index (χ4n) is 2.68. The fraction of sp³-hybridized carbons (Fsp3) is 0.300. The van der Waals surface area contributed by atoms with E-state index < -0.39 is 0 Å². The van der Waals surface area contributed by atoms with Gasteiger partial charge in [0.1, 0.15) is 13.2 Å². The minimum atomic E-state index is -0.336. The van der Waals surface area contributed by atoms with Gasteiger partial charge >= 0.3 is 5.97 Å². The van der Waals surface area contributed by atoms with Gasteiger partial charge in [0.15, 0.2) is 16.6 Å². The van der Waals surface area contributed by atoms with Crippen molar-refractivity contribution in [1.29, 1.82) is 0 Å². The van der Waals surface area contributed by atoms with Crippen LogP contribution in [0.25, 0.3) is 0 Å². The number of esters is 1. The molecule has 0 radical (unpaired) electrons. The minimum absolute atomic E-state index is 0.0142. The molecule has 27 heavy (non-hydrogen) atoms. The summed E-state index contributed by atoms with van der Waals surface area (Å²) in [5.74, 6) is 1.18. The van der Waals surface area contributed by atoms with Gasteiger partial charge in [0.2, 0.25) is 0 Å². The Morgan fingerprint density at radius 1 is 1.15 bits per heavy atom. The van der Waals surface area contributed by atoms with Crippen LogP contribution in [0.1, 0.15) is 35.8 Å². The average Bonchev–Trinajstić information content (AvgIpc) is 2.68. The molecular formula is C20H22N2O4S.